The van der Waals surface area contributed by atoms with E-state index in [1.807, 2.05) is 24.3 Å². The zero-order valence-electron chi connectivity index (χ0n) is 14.1. The van der Waals surface area contributed by atoms with Gasteiger partial charge in [-0.1, -0.05) is 42.6 Å². The third-order valence-corrected chi connectivity index (χ3v) is 4.51. The fourth-order valence-corrected chi connectivity index (χ4v) is 3.24. The second-order valence-corrected chi connectivity index (χ2v) is 6.19. The van der Waals surface area contributed by atoms with Crippen LogP contribution < -0.4 is 10.1 Å². The molecule has 1 N–H and O–H groups in total. The Morgan fingerprint density at radius 2 is 2.04 bits per heavy atom. The molecule has 3 rings (SSSR count). The van der Waals surface area contributed by atoms with Gasteiger partial charge in [-0.3, -0.25) is 4.79 Å². The summed E-state index contributed by atoms with van der Waals surface area (Å²) in [7, 11) is 1.61. The summed E-state index contributed by atoms with van der Waals surface area (Å²) in [5.74, 6) is 1.71. The third-order valence-electron chi connectivity index (χ3n) is 4.51. The maximum Gasteiger partial charge on any atom is 0.223 e. The molecule has 1 heterocycles. The van der Waals surface area contributed by atoms with Gasteiger partial charge in [0.2, 0.25) is 11.8 Å². The molecule has 6 nitrogen and oxygen atoms in total. The van der Waals surface area contributed by atoms with Crippen LogP contribution in [0.4, 0.5) is 0 Å². The number of hydrogen-bond donors (Lipinski definition) is 1. The van der Waals surface area contributed by atoms with Crippen molar-refractivity contribution in [3.8, 4) is 5.75 Å². The molecule has 1 fully saturated rings. The molecule has 1 amide bonds. The molecule has 0 saturated heterocycles. The van der Waals surface area contributed by atoms with Crippen LogP contribution in [0.5, 0.6) is 5.75 Å². The first-order valence-corrected chi connectivity index (χ1v) is 8.42. The number of carbonyl (C=O) groups excluding carboxylic acids is 1. The minimum absolute atomic E-state index is 0.0491. The molecule has 0 bridgehead atoms. The zero-order valence-corrected chi connectivity index (χ0v) is 14.1. The van der Waals surface area contributed by atoms with E-state index >= 15 is 0 Å². The Hall–Kier alpha value is -2.37. The van der Waals surface area contributed by atoms with Gasteiger partial charge < -0.3 is 14.6 Å². The zero-order chi connectivity index (χ0) is 16.9. The Morgan fingerprint density at radius 3 is 2.71 bits per heavy atom. The number of benzene rings is 1. The molecule has 1 aliphatic rings. The number of para-hydroxylation sites is 1. The molecule has 0 aliphatic heterocycles. The quantitative estimate of drug-likeness (QED) is 0.911. The van der Waals surface area contributed by atoms with Crippen LogP contribution in [0, 0.1) is 12.8 Å². The molecule has 6 heteroatoms. The summed E-state index contributed by atoms with van der Waals surface area (Å²) < 4.78 is 10.6. The lowest BCUT2D eigenvalue weighted by atomic mass is 9.88. The van der Waals surface area contributed by atoms with E-state index in [1.165, 1.54) is 6.42 Å². The standard InChI is InChI=1S/C18H23N3O3/c1-12-19-17(21-24-12)16(14-10-6-7-11-15(14)23-2)20-18(22)13-8-4-3-5-9-13/h6-7,10-11,13,16H,3-5,8-9H2,1-2H3,(H,20,22)/t16-/m1/s1. The molecule has 1 atom stereocenters. The molecule has 2 aromatic rings. The number of ether oxygens (including phenoxy) is 1. The highest BCUT2D eigenvalue weighted by Crippen LogP contribution is 2.30. The lowest BCUT2D eigenvalue weighted by Gasteiger charge is -2.24. The number of aromatic nitrogens is 2. The van der Waals surface area contributed by atoms with Gasteiger partial charge in [0.15, 0.2) is 5.82 Å². The Morgan fingerprint density at radius 1 is 1.29 bits per heavy atom. The van der Waals surface area contributed by atoms with Crippen molar-refractivity contribution in [1.29, 1.82) is 0 Å². The highest BCUT2D eigenvalue weighted by Gasteiger charge is 2.28. The number of nitrogens with zero attached hydrogens (tertiary/aromatic N) is 2. The molecule has 1 saturated carbocycles. The number of rotatable bonds is 5. The molecule has 0 unspecified atom stereocenters. The Balaban J connectivity index is 1.89. The first-order valence-electron chi connectivity index (χ1n) is 8.42. The van der Waals surface area contributed by atoms with E-state index in [0.29, 0.717) is 17.5 Å². The Labute approximate surface area is 141 Å². The van der Waals surface area contributed by atoms with Crippen molar-refractivity contribution in [3.63, 3.8) is 0 Å². The van der Waals surface area contributed by atoms with E-state index in [4.69, 9.17) is 9.26 Å². The number of nitrogens with one attached hydrogen (secondary N) is 1. The van der Waals surface area contributed by atoms with Crippen LogP contribution in [0.3, 0.4) is 0 Å². The van der Waals surface area contributed by atoms with Crippen molar-refractivity contribution < 1.29 is 14.1 Å². The van der Waals surface area contributed by atoms with Crippen LogP contribution >= 0.6 is 0 Å². The molecule has 1 aliphatic carbocycles. The first-order chi connectivity index (χ1) is 11.7. The fourth-order valence-electron chi connectivity index (χ4n) is 3.24. The van der Waals surface area contributed by atoms with E-state index in [9.17, 15) is 4.79 Å². The van der Waals surface area contributed by atoms with Crippen molar-refractivity contribution in [1.82, 2.24) is 15.5 Å². The number of hydrogen-bond acceptors (Lipinski definition) is 5. The average molecular weight is 329 g/mol. The molecule has 128 valence electrons. The predicted molar refractivity (Wildman–Crippen MR) is 88.6 cm³/mol. The molecule has 1 aromatic carbocycles. The van der Waals surface area contributed by atoms with Crippen LogP contribution in [-0.4, -0.2) is 23.2 Å². The average Bonchev–Trinajstić information content (AvgIpc) is 3.06. The van der Waals surface area contributed by atoms with Gasteiger partial charge in [-0.2, -0.15) is 4.98 Å². The summed E-state index contributed by atoms with van der Waals surface area (Å²) >= 11 is 0. The third kappa shape index (κ3) is 3.58. The van der Waals surface area contributed by atoms with Crippen molar-refractivity contribution >= 4 is 5.91 Å². The van der Waals surface area contributed by atoms with Crippen molar-refractivity contribution in [2.45, 2.75) is 45.1 Å². The van der Waals surface area contributed by atoms with E-state index < -0.39 is 6.04 Å². The molecule has 0 spiro atoms. The van der Waals surface area contributed by atoms with Gasteiger partial charge in [-0.25, -0.2) is 0 Å². The van der Waals surface area contributed by atoms with Gasteiger partial charge >= 0.3 is 0 Å². The summed E-state index contributed by atoms with van der Waals surface area (Å²) in [6, 6.07) is 7.10. The Kier molecular flexibility index (Phi) is 5.13. The minimum Gasteiger partial charge on any atom is -0.496 e. The van der Waals surface area contributed by atoms with E-state index in [0.717, 1.165) is 31.2 Å². The molecular formula is C18H23N3O3. The van der Waals surface area contributed by atoms with E-state index in [1.54, 1.807) is 14.0 Å². The smallest absolute Gasteiger partial charge is 0.223 e. The molecule has 1 aromatic heterocycles. The van der Waals surface area contributed by atoms with Crippen molar-refractivity contribution in [2.24, 2.45) is 5.92 Å². The van der Waals surface area contributed by atoms with Crippen LogP contribution in [0.25, 0.3) is 0 Å². The molecular weight excluding hydrogens is 306 g/mol. The molecule has 0 radical (unpaired) electrons. The summed E-state index contributed by atoms with van der Waals surface area (Å²) in [6.07, 6.45) is 5.31. The summed E-state index contributed by atoms with van der Waals surface area (Å²) in [6.45, 7) is 1.73. The minimum atomic E-state index is -0.479. The summed E-state index contributed by atoms with van der Waals surface area (Å²) in [5.41, 5.74) is 0.824. The van der Waals surface area contributed by atoms with Gasteiger partial charge in [0.1, 0.15) is 11.8 Å². The first kappa shape index (κ1) is 16.5. The number of aryl methyl sites for hydroxylation is 1. The normalized spacial score (nSPS) is 16.6. The van der Waals surface area contributed by atoms with Gasteiger partial charge in [0, 0.05) is 18.4 Å². The topological polar surface area (TPSA) is 77.2 Å². The predicted octanol–water partition coefficient (Wildman–Crippen LogP) is 3.17. The lowest BCUT2D eigenvalue weighted by Crippen LogP contribution is -2.36. The van der Waals surface area contributed by atoms with Gasteiger partial charge in [-0.05, 0) is 18.9 Å². The summed E-state index contributed by atoms with van der Waals surface area (Å²) in [4.78, 5) is 17.0. The Bertz CT molecular complexity index is 692. The van der Waals surface area contributed by atoms with Crippen molar-refractivity contribution in [2.75, 3.05) is 7.11 Å². The highest BCUT2D eigenvalue weighted by atomic mass is 16.5. The number of methoxy groups -OCH3 is 1. The van der Waals surface area contributed by atoms with Crippen molar-refractivity contribution in [3.05, 3.63) is 41.5 Å². The number of amides is 1. The second kappa shape index (κ2) is 7.47. The van der Waals surface area contributed by atoms with Gasteiger partial charge in [0.05, 0.1) is 7.11 Å². The summed E-state index contributed by atoms with van der Waals surface area (Å²) in [5, 5.41) is 7.11. The van der Waals surface area contributed by atoms with Crippen LogP contribution in [0.2, 0.25) is 0 Å². The molecule has 24 heavy (non-hydrogen) atoms. The van der Waals surface area contributed by atoms with Crippen LogP contribution in [0.15, 0.2) is 28.8 Å². The maximum absolute atomic E-state index is 12.7. The largest absolute Gasteiger partial charge is 0.496 e. The monoisotopic (exact) mass is 329 g/mol. The van der Waals surface area contributed by atoms with E-state index in [-0.39, 0.29) is 11.8 Å². The van der Waals surface area contributed by atoms with Gasteiger partial charge in [0.25, 0.3) is 0 Å². The van der Waals surface area contributed by atoms with Crippen LogP contribution in [-0.2, 0) is 4.79 Å². The van der Waals surface area contributed by atoms with Crippen LogP contribution in [0.1, 0.15) is 55.4 Å². The highest BCUT2D eigenvalue weighted by molar-refractivity contribution is 5.79. The maximum atomic E-state index is 12.7. The second-order valence-electron chi connectivity index (χ2n) is 6.19. The lowest BCUT2D eigenvalue weighted by molar-refractivity contribution is -0.126. The van der Waals surface area contributed by atoms with Gasteiger partial charge in [-0.15, -0.1) is 0 Å². The SMILES string of the molecule is COc1ccccc1[C@@H](NC(=O)C1CCCCC1)c1noc(C)n1. The number of carbonyl (C=O) groups is 1. The fraction of sp³-hybridized carbons (Fsp3) is 0.500. The van der Waals surface area contributed by atoms with E-state index in [2.05, 4.69) is 15.5 Å².